The summed E-state index contributed by atoms with van der Waals surface area (Å²) < 4.78 is 18.8. The molecule has 0 saturated carbocycles. The average molecular weight is 200 g/mol. The average Bonchev–Trinajstić information content (AvgIpc) is 2.12. The van der Waals surface area contributed by atoms with Gasteiger partial charge < -0.3 is 4.74 Å². The van der Waals surface area contributed by atoms with Gasteiger partial charge in [-0.1, -0.05) is 6.07 Å². The van der Waals surface area contributed by atoms with Crippen molar-refractivity contribution in [3.8, 4) is 5.75 Å². The van der Waals surface area contributed by atoms with Crippen molar-refractivity contribution >= 4 is 11.8 Å². The zero-order valence-electron chi connectivity index (χ0n) is 8.06. The summed E-state index contributed by atoms with van der Waals surface area (Å²) in [5.41, 5.74) is 0.660. The van der Waals surface area contributed by atoms with Crippen LogP contribution in [0.15, 0.2) is 17.0 Å². The molecule has 0 fully saturated rings. The molecule has 0 spiro atoms. The zero-order valence-corrected chi connectivity index (χ0v) is 8.87. The summed E-state index contributed by atoms with van der Waals surface area (Å²) >= 11 is 1.38. The summed E-state index contributed by atoms with van der Waals surface area (Å²) in [5.74, 6) is 0.469. The van der Waals surface area contributed by atoms with Gasteiger partial charge in [-0.05, 0) is 31.7 Å². The van der Waals surface area contributed by atoms with Gasteiger partial charge in [0.05, 0.1) is 11.5 Å². The molecular formula is C10H13FOS. The predicted molar refractivity (Wildman–Crippen MR) is 54.1 cm³/mol. The number of hydrogen-bond acceptors (Lipinski definition) is 2. The summed E-state index contributed by atoms with van der Waals surface area (Å²) in [7, 11) is 0. The van der Waals surface area contributed by atoms with Crippen LogP contribution in [-0.2, 0) is 0 Å². The number of rotatable bonds is 3. The number of benzene rings is 1. The van der Waals surface area contributed by atoms with Gasteiger partial charge in [0.25, 0.3) is 0 Å². The van der Waals surface area contributed by atoms with Crippen LogP contribution in [0.2, 0.25) is 0 Å². The van der Waals surface area contributed by atoms with Gasteiger partial charge >= 0.3 is 0 Å². The van der Waals surface area contributed by atoms with Crippen LogP contribution in [0, 0.1) is 12.7 Å². The second kappa shape index (κ2) is 4.51. The first-order valence-corrected chi connectivity index (χ1v) is 5.39. The Labute approximate surface area is 82.3 Å². The van der Waals surface area contributed by atoms with Crippen molar-refractivity contribution in [3.05, 3.63) is 23.5 Å². The molecular weight excluding hydrogens is 187 g/mol. The molecule has 0 saturated heterocycles. The van der Waals surface area contributed by atoms with Crippen molar-refractivity contribution < 1.29 is 9.13 Å². The Bertz CT molecular complexity index is 299. The third-order valence-electron chi connectivity index (χ3n) is 1.76. The molecule has 0 amide bonds. The molecule has 1 nitrogen and oxygen atoms in total. The first-order chi connectivity index (χ1) is 6.20. The van der Waals surface area contributed by atoms with Crippen LogP contribution in [0.5, 0.6) is 5.75 Å². The Morgan fingerprint density at radius 3 is 2.69 bits per heavy atom. The minimum Gasteiger partial charge on any atom is -0.493 e. The van der Waals surface area contributed by atoms with Gasteiger partial charge in [-0.25, -0.2) is 4.39 Å². The highest BCUT2D eigenvalue weighted by Gasteiger charge is 2.10. The molecule has 1 aromatic rings. The quantitative estimate of drug-likeness (QED) is 0.693. The lowest BCUT2D eigenvalue weighted by atomic mass is 10.2. The van der Waals surface area contributed by atoms with Crippen molar-refractivity contribution in [2.45, 2.75) is 18.7 Å². The predicted octanol–water partition coefficient (Wildman–Crippen LogP) is 3.25. The number of ether oxygens (including phenoxy) is 1. The normalized spacial score (nSPS) is 10.2. The summed E-state index contributed by atoms with van der Waals surface area (Å²) in [6, 6.07) is 3.55. The lowest BCUT2D eigenvalue weighted by molar-refractivity contribution is 0.328. The SMILES string of the molecule is CCOc1ccc(C)c(F)c1SC. The maximum atomic E-state index is 13.5. The maximum absolute atomic E-state index is 13.5. The topological polar surface area (TPSA) is 9.23 Å². The third-order valence-corrected chi connectivity index (χ3v) is 2.55. The van der Waals surface area contributed by atoms with E-state index in [9.17, 15) is 4.39 Å². The van der Waals surface area contributed by atoms with Crippen LogP contribution in [0.1, 0.15) is 12.5 Å². The molecule has 0 bridgehead atoms. The molecule has 0 heterocycles. The van der Waals surface area contributed by atoms with E-state index in [4.69, 9.17) is 4.74 Å². The smallest absolute Gasteiger partial charge is 0.143 e. The Morgan fingerprint density at radius 2 is 2.15 bits per heavy atom. The third kappa shape index (κ3) is 2.15. The fourth-order valence-corrected chi connectivity index (χ4v) is 1.76. The van der Waals surface area contributed by atoms with Gasteiger partial charge in [0.15, 0.2) is 0 Å². The number of thioether (sulfide) groups is 1. The zero-order chi connectivity index (χ0) is 9.84. The molecule has 1 rings (SSSR count). The van der Waals surface area contributed by atoms with E-state index >= 15 is 0 Å². The summed E-state index contributed by atoms with van der Waals surface area (Å²) in [6.07, 6.45) is 1.85. The van der Waals surface area contributed by atoms with Crippen LogP contribution in [0.4, 0.5) is 4.39 Å². The van der Waals surface area contributed by atoms with E-state index in [-0.39, 0.29) is 5.82 Å². The fraction of sp³-hybridized carbons (Fsp3) is 0.400. The van der Waals surface area contributed by atoms with Crippen LogP contribution in [0.25, 0.3) is 0 Å². The van der Waals surface area contributed by atoms with Crippen LogP contribution in [0.3, 0.4) is 0 Å². The van der Waals surface area contributed by atoms with Gasteiger partial charge in [-0.3, -0.25) is 0 Å². The second-order valence-corrected chi connectivity index (χ2v) is 3.48. The van der Waals surface area contributed by atoms with Crippen molar-refractivity contribution in [2.24, 2.45) is 0 Å². The Hall–Kier alpha value is -0.700. The van der Waals surface area contributed by atoms with E-state index < -0.39 is 0 Å². The van der Waals surface area contributed by atoms with E-state index in [1.54, 1.807) is 13.0 Å². The van der Waals surface area contributed by atoms with Crippen LogP contribution < -0.4 is 4.74 Å². The first kappa shape index (κ1) is 10.4. The Morgan fingerprint density at radius 1 is 1.46 bits per heavy atom. The molecule has 0 radical (unpaired) electrons. The number of hydrogen-bond donors (Lipinski definition) is 0. The molecule has 0 aliphatic carbocycles. The molecule has 0 aromatic heterocycles. The van der Waals surface area contributed by atoms with E-state index in [1.165, 1.54) is 11.8 Å². The van der Waals surface area contributed by atoms with Crippen molar-refractivity contribution in [2.75, 3.05) is 12.9 Å². The lowest BCUT2D eigenvalue weighted by Crippen LogP contribution is -1.96. The van der Waals surface area contributed by atoms with E-state index in [1.807, 2.05) is 19.2 Å². The van der Waals surface area contributed by atoms with E-state index in [0.29, 0.717) is 22.8 Å². The lowest BCUT2D eigenvalue weighted by Gasteiger charge is -2.10. The maximum Gasteiger partial charge on any atom is 0.143 e. The van der Waals surface area contributed by atoms with Crippen molar-refractivity contribution in [1.82, 2.24) is 0 Å². The molecule has 1 aromatic carbocycles. The van der Waals surface area contributed by atoms with Crippen molar-refractivity contribution in [1.29, 1.82) is 0 Å². The van der Waals surface area contributed by atoms with E-state index in [0.717, 1.165) is 0 Å². The molecule has 0 aliphatic rings. The van der Waals surface area contributed by atoms with Gasteiger partial charge in [0.1, 0.15) is 11.6 Å². The van der Waals surface area contributed by atoms with Crippen LogP contribution in [-0.4, -0.2) is 12.9 Å². The standard InChI is InChI=1S/C10H13FOS/c1-4-12-8-6-5-7(2)9(11)10(8)13-3/h5-6H,4H2,1-3H3. The molecule has 0 N–H and O–H groups in total. The van der Waals surface area contributed by atoms with Gasteiger partial charge in [0.2, 0.25) is 0 Å². The summed E-state index contributed by atoms with van der Waals surface area (Å²) in [4.78, 5) is 0.599. The fourth-order valence-electron chi connectivity index (χ4n) is 1.10. The Kier molecular flexibility index (Phi) is 3.60. The highest BCUT2D eigenvalue weighted by molar-refractivity contribution is 7.98. The monoisotopic (exact) mass is 200 g/mol. The first-order valence-electron chi connectivity index (χ1n) is 4.16. The number of halogens is 1. The highest BCUT2D eigenvalue weighted by Crippen LogP contribution is 2.31. The molecule has 0 aliphatic heterocycles. The van der Waals surface area contributed by atoms with Gasteiger partial charge in [0, 0.05) is 0 Å². The van der Waals surface area contributed by atoms with E-state index in [2.05, 4.69) is 0 Å². The molecule has 13 heavy (non-hydrogen) atoms. The number of aryl methyl sites for hydroxylation is 1. The highest BCUT2D eigenvalue weighted by atomic mass is 32.2. The molecule has 0 atom stereocenters. The van der Waals surface area contributed by atoms with Crippen molar-refractivity contribution in [3.63, 3.8) is 0 Å². The summed E-state index contributed by atoms with van der Waals surface area (Å²) in [5, 5.41) is 0. The molecule has 0 unspecified atom stereocenters. The van der Waals surface area contributed by atoms with Gasteiger partial charge in [-0.2, -0.15) is 0 Å². The minimum absolute atomic E-state index is 0.168. The second-order valence-electron chi connectivity index (χ2n) is 2.66. The summed E-state index contributed by atoms with van der Waals surface area (Å²) in [6.45, 7) is 4.21. The molecule has 72 valence electrons. The van der Waals surface area contributed by atoms with Gasteiger partial charge in [-0.15, -0.1) is 11.8 Å². The largest absolute Gasteiger partial charge is 0.493 e. The van der Waals surface area contributed by atoms with Crippen LogP contribution >= 0.6 is 11.8 Å². The minimum atomic E-state index is -0.168. The molecule has 3 heteroatoms. The Balaban J connectivity index is 3.13.